The molecule has 4 atom stereocenters. The molecule has 1 fully saturated rings. The Hall–Kier alpha value is -7.22. The molecule has 14 N–H and O–H groups in total. The fraction of sp³-hybridized carbons (Fsp3) is 0.509. The summed E-state index contributed by atoms with van der Waals surface area (Å²) in [6, 6.07) is 21.1. The first-order chi connectivity index (χ1) is 37.0. The first kappa shape index (κ1) is 62.3. The summed E-state index contributed by atoms with van der Waals surface area (Å²) in [5.74, 6) is -4.59. The van der Waals surface area contributed by atoms with Crippen LogP contribution in [-0.2, 0) is 40.1 Å². The number of benzene rings is 3. The molecule has 0 bridgehead atoms. The highest BCUT2D eigenvalue weighted by molar-refractivity contribution is 5.92. The topological polar surface area (TPSA) is 359 Å². The summed E-state index contributed by atoms with van der Waals surface area (Å²) in [5, 5.41) is 60.3. The maximum absolute atomic E-state index is 14.2. The molecule has 0 aromatic heterocycles. The van der Waals surface area contributed by atoms with E-state index in [0.29, 0.717) is 81.6 Å². The number of amides is 3. The van der Waals surface area contributed by atoms with Crippen LogP contribution >= 0.6 is 0 Å². The summed E-state index contributed by atoms with van der Waals surface area (Å²) < 4.78 is 6.10. The molecule has 1 aliphatic rings. The van der Waals surface area contributed by atoms with Crippen molar-refractivity contribution in [1.82, 2.24) is 46.2 Å². The van der Waals surface area contributed by atoms with Crippen LogP contribution in [0.2, 0.25) is 0 Å². The summed E-state index contributed by atoms with van der Waals surface area (Å²) in [6.45, 7) is 2.91. The number of nitrogens with zero attached hydrogens (tertiary/aromatic N) is 4. The molecule has 77 heavy (non-hydrogen) atoms. The van der Waals surface area contributed by atoms with Gasteiger partial charge in [-0.05, 0) is 86.0 Å². The third-order valence-corrected chi connectivity index (χ3v) is 12.8. The number of guanidine groups is 1. The number of aldehydes is 1. The van der Waals surface area contributed by atoms with Crippen LogP contribution in [-0.4, -0.2) is 204 Å². The number of phenolic OH excluding ortho intramolecular Hbond substituents is 1. The van der Waals surface area contributed by atoms with Gasteiger partial charge in [0.05, 0.1) is 38.2 Å². The van der Waals surface area contributed by atoms with Gasteiger partial charge in [-0.3, -0.25) is 59.1 Å². The van der Waals surface area contributed by atoms with Gasteiger partial charge in [0.15, 0.2) is 12.2 Å². The minimum absolute atomic E-state index is 0.100. The van der Waals surface area contributed by atoms with Gasteiger partial charge in [0.1, 0.15) is 23.7 Å². The van der Waals surface area contributed by atoms with Crippen molar-refractivity contribution in [2.24, 2.45) is 11.5 Å². The Morgan fingerprint density at radius 2 is 1.21 bits per heavy atom. The molecule has 24 nitrogen and oxygen atoms in total. The summed E-state index contributed by atoms with van der Waals surface area (Å²) in [4.78, 5) is 94.8. The number of rotatable bonds is 32. The number of phenols is 1. The van der Waals surface area contributed by atoms with Crippen LogP contribution in [0.1, 0.15) is 67.6 Å². The van der Waals surface area contributed by atoms with Crippen molar-refractivity contribution in [2.75, 3.05) is 98.2 Å². The summed E-state index contributed by atoms with van der Waals surface area (Å²) in [6.07, 6.45) is 3.45. The number of hydrogen-bond donors (Lipinski definition) is 12. The predicted octanol–water partition coefficient (Wildman–Crippen LogP) is -0.0486. The number of carbonyl (C=O) groups is 7. The monoisotopic (exact) mass is 1070 g/mol. The van der Waals surface area contributed by atoms with E-state index in [0.717, 1.165) is 11.8 Å². The van der Waals surface area contributed by atoms with Gasteiger partial charge in [-0.2, -0.15) is 0 Å². The lowest BCUT2D eigenvalue weighted by Gasteiger charge is -2.35. The molecular weight excluding hydrogens is 997 g/mol. The lowest BCUT2D eigenvalue weighted by atomic mass is 9.90. The summed E-state index contributed by atoms with van der Waals surface area (Å²) >= 11 is 0. The van der Waals surface area contributed by atoms with Crippen LogP contribution < -0.4 is 42.8 Å². The lowest BCUT2D eigenvalue weighted by Crippen LogP contribution is -2.54. The van der Waals surface area contributed by atoms with E-state index in [1.54, 1.807) is 45.0 Å². The second kappa shape index (κ2) is 34.4. The zero-order valence-corrected chi connectivity index (χ0v) is 43.7. The van der Waals surface area contributed by atoms with E-state index in [2.05, 4.69) is 26.6 Å². The van der Waals surface area contributed by atoms with Crippen molar-refractivity contribution in [2.45, 2.75) is 75.7 Å². The van der Waals surface area contributed by atoms with Crippen LogP contribution in [0, 0.1) is 5.41 Å². The van der Waals surface area contributed by atoms with E-state index in [4.69, 9.17) is 21.6 Å². The van der Waals surface area contributed by atoms with E-state index in [-0.39, 0.29) is 103 Å². The Balaban J connectivity index is 1.23. The third kappa shape index (κ3) is 24.5. The van der Waals surface area contributed by atoms with Gasteiger partial charge in [-0.25, -0.2) is 0 Å². The number of ether oxygens (including phenoxy) is 1. The van der Waals surface area contributed by atoms with E-state index in [1.165, 1.54) is 12.1 Å². The highest BCUT2D eigenvalue weighted by Gasteiger charge is 2.29. The predicted molar refractivity (Wildman–Crippen MR) is 287 cm³/mol. The molecule has 4 rings (SSSR count). The molecule has 0 spiro atoms. The second-order valence-corrected chi connectivity index (χ2v) is 18.9. The average molecular weight is 1080 g/mol. The van der Waals surface area contributed by atoms with E-state index >= 15 is 0 Å². The molecule has 0 radical (unpaired) electrons. The molecule has 422 valence electrons. The molecule has 1 heterocycles. The summed E-state index contributed by atoms with van der Waals surface area (Å²) in [7, 11) is 0. The number of carboxylic acid groups (broad SMARTS) is 3. The summed E-state index contributed by atoms with van der Waals surface area (Å²) in [5.41, 5.74) is 13.8. The molecule has 0 aliphatic carbocycles. The number of carbonyl (C=O) groups excluding carboxylic acids is 4. The van der Waals surface area contributed by atoms with Gasteiger partial charge >= 0.3 is 17.9 Å². The second-order valence-electron chi connectivity index (χ2n) is 18.9. The molecule has 24 heteroatoms. The van der Waals surface area contributed by atoms with E-state index < -0.39 is 53.9 Å². The van der Waals surface area contributed by atoms with Crippen LogP contribution in [0.4, 0.5) is 0 Å². The van der Waals surface area contributed by atoms with Crippen LogP contribution in [0.3, 0.4) is 0 Å². The number of hydrogen-bond acceptors (Lipinski definition) is 16. The van der Waals surface area contributed by atoms with Crippen LogP contribution in [0.15, 0.2) is 78.9 Å². The number of nitrogens with two attached hydrogens (primary N) is 2. The first-order valence-electron chi connectivity index (χ1n) is 26.0. The SMILES string of the molecule is N=C(N)NCCC[C@@H](NC(=O)[C@H](c1ccccc1)c1cccc(OCCCCNC(=O)[C@H](N)CCCCNC(C=O)N2CCN(CC(=O)O)CCN(CC(=O)O)CCN(CC(=O)O)CC2)c1)C(=O)NCc1ccc(O)cc1. The lowest BCUT2D eigenvalue weighted by molar-refractivity contribution is -0.140. The molecule has 0 saturated carbocycles. The molecule has 1 saturated heterocycles. The number of aromatic hydroxyl groups is 1. The molecule has 1 aliphatic heterocycles. The smallest absolute Gasteiger partial charge is 0.317 e. The molecule has 3 amide bonds. The average Bonchev–Trinajstić information content (AvgIpc) is 3.39. The minimum Gasteiger partial charge on any atom is -0.508 e. The molecular formula is C53H78N12O12. The quantitative estimate of drug-likeness (QED) is 0.0169. The fourth-order valence-corrected chi connectivity index (χ4v) is 8.68. The standard InChI is InChI=1S/C53H78N12O12/c54-43(14-4-5-20-57-45(37-66)65-29-27-63(35-47(70)71)25-23-62(34-46(68)69)24-26-64(28-30-65)36-48(72)73)50(74)58-21-6-7-31-77-42-13-8-12-40(32-42)49(39-10-2-1-3-11-39)52(76)61-44(15-9-22-59-53(55)56)51(75)60-33-38-16-18-41(67)19-17-38/h1-3,8,10-13,16-19,32,37,43-45,49,57,67H,4-7,9,14-15,20-31,33-36,54H2,(H,58,74)(H,60,75)(H,61,76)(H,68,69)(H,70,71)(H,72,73)(H4,55,56,59)/t43-,44-,45?,49-/m1/s1. The Morgan fingerprint density at radius 3 is 1.79 bits per heavy atom. The van der Waals surface area contributed by atoms with Gasteiger partial charge in [0, 0.05) is 72.0 Å². The highest BCUT2D eigenvalue weighted by atomic mass is 16.5. The number of unbranched alkanes of at least 4 members (excludes halogenated alkanes) is 2. The first-order valence-corrected chi connectivity index (χ1v) is 26.0. The normalized spacial score (nSPS) is 15.8. The fourth-order valence-electron chi connectivity index (χ4n) is 8.68. The molecule has 3 aromatic rings. The van der Waals surface area contributed by atoms with Crippen molar-refractivity contribution in [1.29, 1.82) is 5.41 Å². The zero-order valence-electron chi connectivity index (χ0n) is 43.7. The molecule has 1 unspecified atom stereocenters. The number of aliphatic carboxylic acids is 3. The van der Waals surface area contributed by atoms with Crippen molar-refractivity contribution < 1.29 is 58.7 Å². The van der Waals surface area contributed by atoms with Gasteiger partial charge in [0.25, 0.3) is 0 Å². The zero-order chi connectivity index (χ0) is 56.0. The largest absolute Gasteiger partial charge is 0.508 e. The Bertz CT molecular complexity index is 2300. The number of nitrogens with one attached hydrogen (secondary N) is 6. The Kier molecular flexibility index (Phi) is 27.9. The Morgan fingerprint density at radius 1 is 0.636 bits per heavy atom. The van der Waals surface area contributed by atoms with Crippen LogP contribution in [0.25, 0.3) is 0 Å². The van der Waals surface area contributed by atoms with E-state index in [1.807, 2.05) is 41.3 Å². The van der Waals surface area contributed by atoms with Gasteiger partial charge in [-0.15, -0.1) is 0 Å². The van der Waals surface area contributed by atoms with Crippen molar-refractivity contribution >= 4 is 47.9 Å². The van der Waals surface area contributed by atoms with Crippen LogP contribution in [0.5, 0.6) is 11.5 Å². The maximum Gasteiger partial charge on any atom is 0.317 e. The third-order valence-electron chi connectivity index (χ3n) is 12.8. The molecule has 3 aromatic carbocycles. The highest BCUT2D eigenvalue weighted by Crippen LogP contribution is 2.28. The van der Waals surface area contributed by atoms with Gasteiger partial charge < -0.3 is 62.7 Å². The van der Waals surface area contributed by atoms with Crippen molar-refractivity contribution in [3.63, 3.8) is 0 Å². The maximum atomic E-state index is 14.2. The number of carboxylic acids is 3. The van der Waals surface area contributed by atoms with Crippen molar-refractivity contribution in [3.8, 4) is 11.5 Å². The van der Waals surface area contributed by atoms with Gasteiger partial charge in [-0.1, -0.05) is 61.0 Å². The van der Waals surface area contributed by atoms with Crippen molar-refractivity contribution in [3.05, 3.63) is 95.6 Å². The van der Waals surface area contributed by atoms with E-state index in [9.17, 15) is 54.0 Å². The van der Waals surface area contributed by atoms with Gasteiger partial charge in [0.2, 0.25) is 17.7 Å². The Labute approximate surface area is 449 Å². The minimum atomic E-state index is -1.05.